The highest BCUT2D eigenvalue weighted by Gasteiger charge is 2.16. The van der Waals surface area contributed by atoms with Crippen molar-refractivity contribution in [2.75, 3.05) is 14.2 Å². The van der Waals surface area contributed by atoms with Gasteiger partial charge < -0.3 is 9.47 Å². The first-order valence-electron chi connectivity index (χ1n) is 7.52. The van der Waals surface area contributed by atoms with Crippen LogP contribution in [0.15, 0.2) is 48.5 Å². The lowest BCUT2D eigenvalue weighted by Crippen LogP contribution is -2.14. The van der Waals surface area contributed by atoms with Crippen LogP contribution < -0.4 is 4.74 Å². The zero-order valence-electron chi connectivity index (χ0n) is 13.8. The number of hydrogen-bond donors (Lipinski definition) is 0. The number of esters is 1. The van der Waals surface area contributed by atoms with Gasteiger partial charge in [0.15, 0.2) is 11.6 Å². The minimum atomic E-state index is -0.449. The van der Waals surface area contributed by atoms with Gasteiger partial charge in [-0.3, -0.25) is 4.79 Å². The normalized spacial score (nSPS) is 10.5. The molecule has 1 aromatic heterocycles. The Kier molecular flexibility index (Phi) is 4.74. The van der Waals surface area contributed by atoms with E-state index in [1.807, 2.05) is 12.1 Å². The second-order valence-corrected chi connectivity index (χ2v) is 5.23. The maximum Gasteiger partial charge on any atom is 0.327 e. The van der Waals surface area contributed by atoms with E-state index in [0.717, 1.165) is 11.3 Å². The molecule has 0 fully saturated rings. The first kappa shape index (κ1) is 16.6. The summed E-state index contributed by atoms with van der Waals surface area (Å²) in [5.74, 6) is 0.825. The molecule has 128 valence electrons. The number of aromatic nitrogens is 3. The average molecular weight is 341 g/mol. The van der Waals surface area contributed by atoms with Gasteiger partial charge in [-0.05, 0) is 48.5 Å². The van der Waals surface area contributed by atoms with Gasteiger partial charge in [0.25, 0.3) is 0 Å². The lowest BCUT2D eigenvalue weighted by atomic mass is 10.2. The van der Waals surface area contributed by atoms with Gasteiger partial charge >= 0.3 is 5.97 Å². The summed E-state index contributed by atoms with van der Waals surface area (Å²) in [5, 5.41) is 4.39. The van der Waals surface area contributed by atoms with Crippen LogP contribution in [0.1, 0.15) is 0 Å². The third kappa shape index (κ3) is 3.65. The second-order valence-electron chi connectivity index (χ2n) is 5.23. The minimum absolute atomic E-state index is 0.0909. The fourth-order valence-electron chi connectivity index (χ4n) is 2.31. The van der Waals surface area contributed by atoms with Crippen LogP contribution in [-0.2, 0) is 16.1 Å². The molecule has 1 heterocycles. The smallest absolute Gasteiger partial charge is 0.327 e. The molecule has 0 radical (unpaired) electrons. The largest absolute Gasteiger partial charge is 0.497 e. The summed E-state index contributed by atoms with van der Waals surface area (Å²) >= 11 is 0. The topological polar surface area (TPSA) is 66.2 Å². The first-order chi connectivity index (χ1) is 12.1. The van der Waals surface area contributed by atoms with E-state index < -0.39 is 5.97 Å². The van der Waals surface area contributed by atoms with E-state index in [9.17, 15) is 9.18 Å². The Bertz CT molecular complexity index is 874. The average Bonchev–Trinajstić information content (AvgIpc) is 3.06. The standard InChI is InChI=1S/C18H16FN3O3/c1-24-15-9-5-12(6-10-15)17-20-18(13-3-7-14(19)8-4-13)22(21-17)11-16(23)25-2/h3-10H,11H2,1-2H3. The highest BCUT2D eigenvalue weighted by atomic mass is 19.1. The minimum Gasteiger partial charge on any atom is -0.497 e. The molecule has 0 saturated heterocycles. The molecule has 7 heteroatoms. The van der Waals surface area contributed by atoms with Gasteiger partial charge in [-0.25, -0.2) is 14.1 Å². The zero-order chi connectivity index (χ0) is 17.8. The molecule has 0 saturated carbocycles. The number of rotatable bonds is 5. The maximum absolute atomic E-state index is 13.2. The van der Waals surface area contributed by atoms with Crippen molar-refractivity contribution < 1.29 is 18.7 Å². The SMILES string of the molecule is COC(=O)Cn1nc(-c2ccc(OC)cc2)nc1-c1ccc(F)cc1. The van der Waals surface area contributed by atoms with Gasteiger partial charge in [0.05, 0.1) is 14.2 Å². The fourth-order valence-corrected chi connectivity index (χ4v) is 2.31. The fraction of sp³-hybridized carbons (Fsp3) is 0.167. The third-order valence-corrected chi connectivity index (χ3v) is 3.63. The van der Waals surface area contributed by atoms with Crippen LogP contribution in [0.25, 0.3) is 22.8 Å². The summed E-state index contributed by atoms with van der Waals surface area (Å²) in [7, 11) is 2.90. The summed E-state index contributed by atoms with van der Waals surface area (Å²) in [6.07, 6.45) is 0. The highest BCUT2D eigenvalue weighted by Crippen LogP contribution is 2.24. The van der Waals surface area contributed by atoms with Gasteiger partial charge in [-0.15, -0.1) is 5.10 Å². The lowest BCUT2D eigenvalue weighted by Gasteiger charge is -2.04. The molecule has 3 rings (SSSR count). The number of nitrogens with zero attached hydrogens (tertiary/aromatic N) is 3. The Morgan fingerprint density at radius 1 is 1.04 bits per heavy atom. The molecule has 0 aliphatic rings. The molecule has 2 aromatic carbocycles. The van der Waals surface area contributed by atoms with Crippen LogP contribution in [-0.4, -0.2) is 35.0 Å². The van der Waals surface area contributed by atoms with Gasteiger partial charge in [0.1, 0.15) is 18.1 Å². The molecule has 0 unspecified atom stereocenters. The molecule has 0 bridgehead atoms. The van der Waals surface area contributed by atoms with E-state index in [0.29, 0.717) is 17.2 Å². The molecule has 25 heavy (non-hydrogen) atoms. The van der Waals surface area contributed by atoms with Crippen molar-refractivity contribution in [3.05, 3.63) is 54.3 Å². The quantitative estimate of drug-likeness (QED) is 0.668. The van der Waals surface area contributed by atoms with Gasteiger partial charge in [0.2, 0.25) is 0 Å². The molecule has 0 aliphatic heterocycles. The van der Waals surface area contributed by atoms with E-state index in [1.54, 1.807) is 31.4 Å². The summed E-state index contributed by atoms with van der Waals surface area (Å²) in [6, 6.07) is 13.1. The first-order valence-corrected chi connectivity index (χ1v) is 7.52. The van der Waals surface area contributed by atoms with Crippen molar-refractivity contribution in [1.29, 1.82) is 0 Å². The zero-order valence-corrected chi connectivity index (χ0v) is 13.8. The van der Waals surface area contributed by atoms with Crippen LogP contribution in [0.2, 0.25) is 0 Å². The van der Waals surface area contributed by atoms with Crippen LogP contribution in [0.5, 0.6) is 5.75 Å². The van der Waals surface area contributed by atoms with Gasteiger partial charge in [-0.1, -0.05) is 0 Å². The molecule has 6 nitrogen and oxygen atoms in total. The number of benzene rings is 2. The molecule has 0 aliphatic carbocycles. The van der Waals surface area contributed by atoms with E-state index in [4.69, 9.17) is 9.47 Å². The summed E-state index contributed by atoms with van der Waals surface area (Å²) in [5.41, 5.74) is 1.42. The van der Waals surface area contributed by atoms with Crippen molar-refractivity contribution in [3.63, 3.8) is 0 Å². The Hall–Kier alpha value is -3.22. The molecule has 0 amide bonds. The summed E-state index contributed by atoms with van der Waals surface area (Å²) in [4.78, 5) is 16.2. The van der Waals surface area contributed by atoms with Crippen LogP contribution in [0, 0.1) is 5.82 Å². The van der Waals surface area contributed by atoms with Crippen LogP contribution >= 0.6 is 0 Å². The summed E-state index contributed by atoms with van der Waals surface area (Å²) < 4.78 is 24.5. The number of ether oxygens (including phenoxy) is 2. The summed E-state index contributed by atoms with van der Waals surface area (Å²) in [6.45, 7) is -0.0909. The number of carbonyl (C=O) groups excluding carboxylic acids is 1. The number of hydrogen-bond acceptors (Lipinski definition) is 5. The van der Waals surface area contributed by atoms with E-state index in [1.165, 1.54) is 23.9 Å². The van der Waals surface area contributed by atoms with E-state index in [2.05, 4.69) is 10.1 Å². The molecular formula is C18H16FN3O3. The molecule has 0 spiro atoms. The molecule has 0 N–H and O–H groups in total. The highest BCUT2D eigenvalue weighted by molar-refractivity contribution is 5.70. The van der Waals surface area contributed by atoms with Gasteiger partial charge in [-0.2, -0.15) is 0 Å². The molecular weight excluding hydrogens is 325 g/mol. The Balaban J connectivity index is 2.03. The Morgan fingerprint density at radius 3 is 2.28 bits per heavy atom. The maximum atomic E-state index is 13.2. The Labute approximate surface area is 143 Å². The van der Waals surface area contributed by atoms with Crippen molar-refractivity contribution >= 4 is 5.97 Å². The van der Waals surface area contributed by atoms with Crippen LogP contribution in [0.3, 0.4) is 0 Å². The van der Waals surface area contributed by atoms with Crippen molar-refractivity contribution in [2.24, 2.45) is 0 Å². The lowest BCUT2D eigenvalue weighted by molar-refractivity contribution is -0.141. The molecule has 3 aromatic rings. The number of carbonyl (C=O) groups is 1. The number of halogens is 1. The van der Waals surface area contributed by atoms with Crippen molar-refractivity contribution in [1.82, 2.24) is 14.8 Å². The second kappa shape index (κ2) is 7.12. The van der Waals surface area contributed by atoms with Crippen molar-refractivity contribution in [3.8, 4) is 28.5 Å². The van der Waals surface area contributed by atoms with E-state index in [-0.39, 0.29) is 12.4 Å². The monoisotopic (exact) mass is 341 g/mol. The molecule has 0 atom stereocenters. The van der Waals surface area contributed by atoms with Gasteiger partial charge in [0, 0.05) is 11.1 Å². The Morgan fingerprint density at radius 2 is 1.68 bits per heavy atom. The predicted molar refractivity (Wildman–Crippen MR) is 89.4 cm³/mol. The predicted octanol–water partition coefficient (Wildman–Crippen LogP) is 2.93. The number of methoxy groups -OCH3 is 2. The van der Waals surface area contributed by atoms with E-state index >= 15 is 0 Å². The third-order valence-electron chi connectivity index (χ3n) is 3.63. The van der Waals surface area contributed by atoms with Crippen LogP contribution in [0.4, 0.5) is 4.39 Å². The van der Waals surface area contributed by atoms with Crippen molar-refractivity contribution in [2.45, 2.75) is 6.54 Å².